The summed E-state index contributed by atoms with van der Waals surface area (Å²) in [4.78, 5) is 5.00. The number of nitrogens with zero attached hydrogens (tertiary/aromatic N) is 3. The Balaban J connectivity index is 1.70. The van der Waals surface area contributed by atoms with Crippen LogP contribution in [0, 0.1) is 27.7 Å². The van der Waals surface area contributed by atoms with Gasteiger partial charge in [0.25, 0.3) is 0 Å². The van der Waals surface area contributed by atoms with Crippen molar-refractivity contribution in [1.29, 1.82) is 0 Å². The molecule has 0 amide bonds. The first-order valence-corrected chi connectivity index (χ1v) is 11.9. The summed E-state index contributed by atoms with van der Waals surface area (Å²) in [5, 5.41) is 1.13. The SMILES string of the molecule is CCn1cc(C2=CCN(S(=O)(=O)c3c(C)c(C)cc(C)c3C)CC2)c2cccnc21. The molecule has 0 unspecified atom stereocenters. The zero-order valence-corrected chi connectivity index (χ0v) is 19.2. The topological polar surface area (TPSA) is 55.2 Å². The molecule has 0 N–H and O–H groups in total. The highest BCUT2D eigenvalue weighted by Gasteiger charge is 2.30. The number of sulfonamides is 1. The van der Waals surface area contributed by atoms with E-state index in [0.29, 0.717) is 24.4 Å². The van der Waals surface area contributed by atoms with Crippen LogP contribution in [0.4, 0.5) is 0 Å². The molecule has 3 heterocycles. The van der Waals surface area contributed by atoms with Crippen molar-refractivity contribution in [3.05, 3.63) is 64.5 Å². The monoisotopic (exact) mass is 423 g/mol. The summed E-state index contributed by atoms with van der Waals surface area (Å²) >= 11 is 0. The number of aryl methyl sites for hydroxylation is 3. The van der Waals surface area contributed by atoms with Crippen LogP contribution in [0.1, 0.15) is 41.2 Å². The predicted octanol–water partition coefficient (Wildman–Crippen LogP) is 4.77. The fraction of sp³-hybridized carbons (Fsp3) is 0.375. The number of hydrogen-bond acceptors (Lipinski definition) is 3. The van der Waals surface area contributed by atoms with Gasteiger partial charge in [0.05, 0.1) is 4.90 Å². The fourth-order valence-corrected chi connectivity index (χ4v) is 6.39. The van der Waals surface area contributed by atoms with Gasteiger partial charge in [-0.1, -0.05) is 12.1 Å². The Hall–Kier alpha value is -2.44. The maximum absolute atomic E-state index is 13.5. The average Bonchev–Trinajstić information content (AvgIpc) is 3.11. The molecular weight excluding hydrogens is 394 g/mol. The third kappa shape index (κ3) is 3.28. The molecule has 0 saturated heterocycles. The second-order valence-corrected chi connectivity index (χ2v) is 10.0. The molecule has 0 spiro atoms. The maximum Gasteiger partial charge on any atom is 0.243 e. The van der Waals surface area contributed by atoms with Crippen LogP contribution < -0.4 is 0 Å². The molecule has 1 aromatic carbocycles. The Morgan fingerprint density at radius 1 is 1.10 bits per heavy atom. The lowest BCUT2D eigenvalue weighted by Crippen LogP contribution is -2.35. The summed E-state index contributed by atoms with van der Waals surface area (Å²) in [6.07, 6.45) is 6.72. The molecule has 4 rings (SSSR count). The molecule has 1 aliphatic heterocycles. The number of pyridine rings is 1. The Morgan fingerprint density at radius 2 is 1.80 bits per heavy atom. The van der Waals surface area contributed by atoms with Gasteiger partial charge in [0.1, 0.15) is 5.65 Å². The molecule has 5 nitrogen and oxygen atoms in total. The molecule has 158 valence electrons. The van der Waals surface area contributed by atoms with Crippen molar-refractivity contribution in [3.63, 3.8) is 0 Å². The number of aromatic nitrogens is 2. The summed E-state index contributed by atoms with van der Waals surface area (Å²) in [5.41, 5.74) is 7.08. The van der Waals surface area contributed by atoms with Crippen molar-refractivity contribution in [3.8, 4) is 0 Å². The molecule has 0 radical (unpaired) electrons. The molecule has 1 aliphatic rings. The van der Waals surface area contributed by atoms with E-state index in [1.165, 1.54) is 5.57 Å². The van der Waals surface area contributed by atoms with E-state index in [4.69, 9.17) is 0 Å². The van der Waals surface area contributed by atoms with Crippen molar-refractivity contribution in [2.45, 2.75) is 52.5 Å². The first-order valence-electron chi connectivity index (χ1n) is 10.5. The molecule has 30 heavy (non-hydrogen) atoms. The van der Waals surface area contributed by atoms with Gasteiger partial charge in [0.15, 0.2) is 0 Å². The number of hydrogen-bond donors (Lipinski definition) is 0. The van der Waals surface area contributed by atoms with Crippen LogP contribution in [0.2, 0.25) is 0 Å². The van der Waals surface area contributed by atoms with E-state index in [9.17, 15) is 8.42 Å². The predicted molar refractivity (Wildman–Crippen MR) is 122 cm³/mol. The summed E-state index contributed by atoms with van der Waals surface area (Å²) in [7, 11) is -3.54. The van der Waals surface area contributed by atoms with Gasteiger partial charge in [-0.3, -0.25) is 0 Å². The second-order valence-electron chi connectivity index (χ2n) is 8.14. The van der Waals surface area contributed by atoms with Crippen LogP contribution in [0.3, 0.4) is 0 Å². The standard InChI is InChI=1S/C24H29N3O2S/c1-6-26-15-22(21-8-7-11-25-24(21)26)20-9-12-27(13-10-20)30(28,29)23-18(4)16(2)14-17(3)19(23)5/h7-9,11,14-15H,6,10,12-13H2,1-5H3. The molecular formula is C24H29N3O2S. The van der Waals surface area contributed by atoms with E-state index in [2.05, 4.69) is 40.9 Å². The first kappa shape index (κ1) is 20.8. The van der Waals surface area contributed by atoms with E-state index < -0.39 is 10.0 Å². The van der Waals surface area contributed by atoms with Crippen molar-refractivity contribution < 1.29 is 8.42 Å². The van der Waals surface area contributed by atoms with E-state index >= 15 is 0 Å². The minimum Gasteiger partial charge on any atom is -0.332 e. The molecule has 0 atom stereocenters. The third-order valence-corrected chi connectivity index (χ3v) is 8.53. The van der Waals surface area contributed by atoms with Crippen molar-refractivity contribution in [2.24, 2.45) is 0 Å². The van der Waals surface area contributed by atoms with E-state index in [0.717, 1.165) is 45.4 Å². The largest absolute Gasteiger partial charge is 0.332 e. The molecule has 0 bridgehead atoms. The molecule has 0 aliphatic carbocycles. The Bertz CT molecular complexity index is 1240. The van der Waals surface area contributed by atoms with Gasteiger partial charge in [0, 0.05) is 43.0 Å². The van der Waals surface area contributed by atoms with Gasteiger partial charge in [-0.15, -0.1) is 0 Å². The van der Waals surface area contributed by atoms with Crippen LogP contribution >= 0.6 is 0 Å². The number of benzene rings is 1. The first-order chi connectivity index (χ1) is 14.3. The normalized spacial score (nSPS) is 15.6. The minimum absolute atomic E-state index is 0.391. The Kier molecular flexibility index (Phi) is 5.32. The van der Waals surface area contributed by atoms with Gasteiger partial charge >= 0.3 is 0 Å². The number of rotatable bonds is 4. The maximum atomic E-state index is 13.5. The molecule has 2 aromatic heterocycles. The Morgan fingerprint density at radius 3 is 2.40 bits per heavy atom. The summed E-state index contributed by atoms with van der Waals surface area (Å²) in [6.45, 7) is 11.6. The molecule has 3 aromatic rings. The summed E-state index contributed by atoms with van der Waals surface area (Å²) in [5.74, 6) is 0. The lowest BCUT2D eigenvalue weighted by atomic mass is 10.0. The summed E-state index contributed by atoms with van der Waals surface area (Å²) < 4.78 is 30.8. The van der Waals surface area contributed by atoms with E-state index in [1.54, 1.807) is 4.31 Å². The van der Waals surface area contributed by atoms with E-state index in [-0.39, 0.29) is 0 Å². The van der Waals surface area contributed by atoms with Crippen molar-refractivity contribution in [2.75, 3.05) is 13.1 Å². The van der Waals surface area contributed by atoms with Gasteiger partial charge in [0.2, 0.25) is 10.0 Å². The van der Waals surface area contributed by atoms with Gasteiger partial charge in [-0.25, -0.2) is 13.4 Å². The molecule has 0 fully saturated rings. The van der Waals surface area contributed by atoms with Crippen LogP contribution in [0.25, 0.3) is 16.6 Å². The zero-order chi connectivity index (χ0) is 21.6. The average molecular weight is 424 g/mol. The van der Waals surface area contributed by atoms with Crippen molar-refractivity contribution >= 4 is 26.6 Å². The highest BCUT2D eigenvalue weighted by Crippen LogP contribution is 2.34. The Labute approximate surface area is 179 Å². The van der Waals surface area contributed by atoms with Crippen LogP contribution in [-0.2, 0) is 16.6 Å². The van der Waals surface area contributed by atoms with Crippen LogP contribution in [0.5, 0.6) is 0 Å². The van der Waals surface area contributed by atoms with Crippen LogP contribution in [-0.4, -0.2) is 35.4 Å². The lowest BCUT2D eigenvalue weighted by molar-refractivity contribution is 0.440. The quantitative estimate of drug-likeness (QED) is 0.607. The second kappa shape index (κ2) is 7.67. The number of fused-ring (bicyclic) bond motifs is 1. The summed E-state index contributed by atoms with van der Waals surface area (Å²) in [6, 6.07) is 6.11. The van der Waals surface area contributed by atoms with Crippen LogP contribution in [0.15, 0.2) is 41.6 Å². The molecule has 0 saturated carbocycles. The lowest BCUT2D eigenvalue weighted by Gasteiger charge is -2.28. The smallest absolute Gasteiger partial charge is 0.243 e. The van der Waals surface area contributed by atoms with E-state index in [1.807, 2.05) is 40.0 Å². The zero-order valence-electron chi connectivity index (χ0n) is 18.4. The van der Waals surface area contributed by atoms with Gasteiger partial charge < -0.3 is 4.57 Å². The van der Waals surface area contributed by atoms with Crippen molar-refractivity contribution in [1.82, 2.24) is 13.9 Å². The van der Waals surface area contributed by atoms with Gasteiger partial charge in [-0.2, -0.15) is 4.31 Å². The minimum atomic E-state index is -3.54. The highest BCUT2D eigenvalue weighted by atomic mass is 32.2. The fourth-order valence-electron chi connectivity index (χ4n) is 4.43. The highest BCUT2D eigenvalue weighted by molar-refractivity contribution is 7.89. The van der Waals surface area contributed by atoms with Gasteiger partial charge in [-0.05, 0) is 81.0 Å². The molecule has 6 heteroatoms. The third-order valence-electron chi connectivity index (χ3n) is 6.39.